The van der Waals surface area contributed by atoms with Gasteiger partial charge in [-0.3, -0.25) is 9.88 Å². The monoisotopic (exact) mass is 520 g/mol. The van der Waals surface area contributed by atoms with Gasteiger partial charge in [0.05, 0.1) is 49.4 Å². The van der Waals surface area contributed by atoms with Crippen LogP contribution in [0.3, 0.4) is 0 Å². The Labute approximate surface area is 220 Å². The van der Waals surface area contributed by atoms with E-state index in [1.807, 2.05) is 42.5 Å². The minimum Gasteiger partial charge on any atom is -0.493 e. The minimum absolute atomic E-state index is 0.447. The lowest BCUT2D eigenvalue weighted by Gasteiger charge is -2.26. The van der Waals surface area contributed by atoms with E-state index in [-0.39, 0.29) is 0 Å². The number of rotatable bonds is 10. The van der Waals surface area contributed by atoms with E-state index in [0.29, 0.717) is 34.9 Å². The van der Waals surface area contributed by atoms with Crippen LogP contribution in [0, 0.1) is 0 Å². The summed E-state index contributed by atoms with van der Waals surface area (Å²) < 4.78 is 16.9. The largest absolute Gasteiger partial charge is 0.493 e. The molecule has 192 valence electrons. The van der Waals surface area contributed by atoms with Crippen molar-refractivity contribution in [2.24, 2.45) is 0 Å². The number of halogens is 1. The highest BCUT2D eigenvalue weighted by atomic mass is 35.5. The van der Waals surface area contributed by atoms with Gasteiger partial charge in [-0.05, 0) is 36.8 Å². The molecule has 0 aliphatic carbocycles. The van der Waals surface area contributed by atoms with Crippen LogP contribution in [0.4, 0.5) is 23.1 Å². The Morgan fingerprint density at radius 1 is 1.00 bits per heavy atom. The van der Waals surface area contributed by atoms with Gasteiger partial charge in [0, 0.05) is 43.0 Å². The number of fused-ring (bicyclic) bond motifs is 1. The summed E-state index contributed by atoms with van der Waals surface area (Å²) in [5.41, 5.74) is 2.35. The van der Waals surface area contributed by atoms with E-state index >= 15 is 0 Å². The number of anilines is 4. The van der Waals surface area contributed by atoms with E-state index in [0.717, 1.165) is 61.5 Å². The van der Waals surface area contributed by atoms with Crippen LogP contribution in [0.25, 0.3) is 10.9 Å². The summed E-state index contributed by atoms with van der Waals surface area (Å²) in [6, 6.07) is 15.2. The minimum atomic E-state index is 0.447. The molecule has 4 aromatic rings. The van der Waals surface area contributed by atoms with E-state index < -0.39 is 0 Å². The number of hydrogen-bond donors (Lipinski definition) is 2. The fraction of sp³-hybridized carbons (Fsp3) is 0.296. The molecule has 37 heavy (non-hydrogen) atoms. The van der Waals surface area contributed by atoms with Crippen molar-refractivity contribution in [1.82, 2.24) is 19.9 Å². The van der Waals surface area contributed by atoms with Crippen molar-refractivity contribution in [1.29, 1.82) is 0 Å². The van der Waals surface area contributed by atoms with Gasteiger partial charge in [-0.25, -0.2) is 4.98 Å². The highest BCUT2D eigenvalue weighted by Gasteiger charge is 2.11. The molecule has 0 bridgehead atoms. The predicted molar refractivity (Wildman–Crippen MR) is 146 cm³/mol. The Morgan fingerprint density at radius 3 is 2.76 bits per heavy atom. The molecule has 0 spiro atoms. The third-order valence-electron chi connectivity index (χ3n) is 5.99. The molecule has 0 amide bonds. The molecule has 0 radical (unpaired) electrons. The van der Waals surface area contributed by atoms with E-state index in [1.165, 1.54) is 0 Å². The average molecular weight is 521 g/mol. The lowest BCUT2D eigenvalue weighted by Crippen LogP contribution is -2.37. The summed E-state index contributed by atoms with van der Waals surface area (Å²) >= 11 is 6.23. The fourth-order valence-electron chi connectivity index (χ4n) is 4.12. The second-order valence-electron chi connectivity index (χ2n) is 8.57. The molecule has 1 fully saturated rings. The first-order valence-electron chi connectivity index (χ1n) is 12.2. The van der Waals surface area contributed by atoms with Gasteiger partial charge in [-0.15, -0.1) is 0 Å². The van der Waals surface area contributed by atoms with Crippen molar-refractivity contribution >= 4 is 45.6 Å². The SMILES string of the molecule is COc1cc(Nc2nccc(Nc3cnc4c(Cl)cccc4c3)n2)ccc1OCCCN1CCOCC1. The van der Waals surface area contributed by atoms with Gasteiger partial charge >= 0.3 is 0 Å². The van der Waals surface area contributed by atoms with E-state index in [2.05, 4.69) is 30.5 Å². The van der Waals surface area contributed by atoms with Crippen LogP contribution in [0.1, 0.15) is 6.42 Å². The van der Waals surface area contributed by atoms with Crippen molar-refractivity contribution in [3.63, 3.8) is 0 Å². The topological polar surface area (TPSA) is 93.7 Å². The Kier molecular flexibility index (Phi) is 8.15. The highest BCUT2D eigenvalue weighted by molar-refractivity contribution is 6.35. The molecule has 2 aromatic heterocycles. The van der Waals surface area contributed by atoms with Crippen molar-refractivity contribution in [3.05, 3.63) is 65.9 Å². The highest BCUT2D eigenvalue weighted by Crippen LogP contribution is 2.31. The molecule has 9 nitrogen and oxygen atoms in total. The summed E-state index contributed by atoms with van der Waals surface area (Å²) in [6.45, 7) is 5.19. The van der Waals surface area contributed by atoms with Crippen LogP contribution in [-0.2, 0) is 4.74 Å². The summed E-state index contributed by atoms with van der Waals surface area (Å²) in [7, 11) is 1.63. The zero-order valence-electron chi connectivity index (χ0n) is 20.6. The normalized spacial score (nSPS) is 13.9. The van der Waals surface area contributed by atoms with Crippen LogP contribution >= 0.6 is 11.6 Å². The lowest BCUT2D eigenvalue weighted by molar-refractivity contribution is 0.0357. The molecule has 0 unspecified atom stereocenters. The van der Waals surface area contributed by atoms with Crippen LogP contribution in [-0.4, -0.2) is 66.4 Å². The van der Waals surface area contributed by atoms with Crippen molar-refractivity contribution < 1.29 is 14.2 Å². The van der Waals surface area contributed by atoms with E-state index in [9.17, 15) is 0 Å². The number of ether oxygens (including phenoxy) is 3. The molecule has 0 saturated carbocycles. The first kappa shape index (κ1) is 25.0. The molecule has 3 heterocycles. The zero-order chi connectivity index (χ0) is 25.5. The number of methoxy groups -OCH3 is 1. The molecule has 1 aliphatic rings. The van der Waals surface area contributed by atoms with Crippen molar-refractivity contribution in [2.45, 2.75) is 6.42 Å². The van der Waals surface area contributed by atoms with Gasteiger partial charge in [0.25, 0.3) is 0 Å². The molecule has 0 atom stereocenters. The van der Waals surface area contributed by atoms with Crippen molar-refractivity contribution in [3.8, 4) is 11.5 Å². The quantitative estimate of drug-likeness (QED) is 0.271. The number of para-hydroxylation sites is 1. The number of nitrogens with one attached hydrogen (secondary N) is 2. The summed E-state index contributed by atoms with van der Waals surface area (Å²) in [5.74, 6) is 2.43. The summed E-state index contributed by atoms with van der Waals surface area (Å²) in [5, 5.41) is 8.07. The molecule has 2 aromatic carbocycles. The molecule has 1 saturated heterocycles. The number of aromatic nitrogens is 3. The van der Waals surface area contributed by atoms with Gasteiger partial charge in [0.1, 0.15) is 5.82 Å². The maximum absolute atomic E-state index is 6.23. The second kappa shape index (κ2) is 12.1. The van der Waals surface area contributed by atoms with Crippen LogP contribution in [0.2, 0.25) is 5.02 Å². The Hall–Kier alpha value is -3.66. The van der Waals surface area contributed by atoms with Gasteiger partial charge in [0.2, 0.25) is 5.95 Å². The van der Waals surface area contributed by atoms with Gasteiger partial charge in [-0.1, -0.05) is 23.7 Å². The maximum Gasteiger partial charge on any atom is 0.229 e. The maximum atomic E-state index is 6.23. The number of nitrogens with zero attached hydrogens (tertiary/aromatic N) is 4. The number of pyridine rings is 1. The third kappa shape index (κ3) is 6.56. The molecule has 1 aliphatic heterocycles. The average Bonchev–Trinajstić information content (AvgIpc) is 2.92. The lowest BCUT2D eigenvalue weighted by atomic mass is 10.2. The van der Waals surface area contributed by atoms with Crippen LogP contribution < -0.4 is 20.1 Å². The van der Waals surface area contributed by atoms with Gasteiger partial charge in [-0.2, -0.15) is 4.98 Å². The molecule has 5 rings (SSSR count). The molecular formula is C27H29ClN6O3. The Morgan fingerprint density at radius 2 is 1.89 bits per heavy atom. The summed E-state index contributed by atoms with van der Waals surface area (Å²) in [4.78, 5) is 15.8. The molecule has 2 N–H and O–H groups in total. The zero-order valence-corrected chi connectivity index (χ0v) is 21.4. The molecule has 10 heteroatoms. The standard InChI is InChI=1S/C27H29ClN6O3/c1-35-24-17-20(6-7-23(24)37-13-3-10-34-11-14-36-15-12-34)32-27-29-9-8-25(33-27)31-21-16-19-4-2-5-22(28)26(19)30-18-21/h2,4-9,16-18H,3,10-15H2,1H3,(H2,29,31,32,33). The summed E-state index contributed by atoms with van der Waals surface area (Å²) in [6.07, 6.45) is 4.36. The van der Waals surface area contributed by atoms with Gasteiger partial charge in [0.15, 0.2) is 11.5 Å². The number of morpholine rings is 1. The Bertz CT molecular complexity index is 1350. The van der Waals surface area contributed by atoms with E-state index in [4.69, 9.17) is 25.8 Å². The fourth-order valence-corrected chi connectivity index (χ4v) is 4.35. The smallest absolute Gasteiger partial charge is 0.229 e. The Balaban J connectivity index is 1.20. The first-order chi connectivity index (χ1) is 18.2. The number of hydrogen-bond acceptors (Lipinski definition) is 9. The van der Waals surface area contributed by atoms with E-state index in [1.54, 1.807) is 25.6 Å². The second-order valence-corrected chi connectivity index (χ2v) is 8.98. The predicted octanol–water partition coefficient (Wildman–Crippen LogP) is 5.28. The number of benzene rings is 2. The van der Waals surface area contributed by atoms with Crippen LogP contribution in [0.15, 0.2) is 60.9 Å². The first-order valence-corrected chi connectivity index (χ1v) is 12.6. The molecular weight excluding hydrogens is 492 g/mol. The third-order valence-corrected chi connectivity index (χ3v) is 6.29. The van der Waals surface area contributed by atoms with Crippen molar-refractivity contribution in [2.75, 3.05) is 57.2 Å². The van der Waals surface area contributed by atoms with Gasteiger partial charge < -0.3 is 24.8 Å². The van der Waals surface area contributed by atoms with Crippen LogP contribution in [0.5, 0.6) is 11.5 Å².